The molecule has 0 N–H and O–H groups in total. The maximum Gasteiger partial charge on any atom is 0.168 e. The molecule has 1 aromatic rings. The first-order valence-corrected chi connectivity index (χ1v) is 8.80. The van der Waals surface area contributed by atoms with E-state index < -0.39 is 0 Å². The molecule has 0 saturated carbocycles. The number of carbonyl (C=O) groups is 1. The summed E-state index contributed by atoms with van der Waals surface area (Å²) < 4.78 is 0. The van der Waals surface area contributed by atoms with Crippen LogP contribution in [0.1, 0.15) is 88.9 Å². The van der Waals surface area contributed by atoms with Gasteiger partial charge in [0.05, 0.1) is 0 Å². The van der Waals surface area contributed by atoms with Crippen LogP contribution in [0.25, 0.3) is 0 Å². The molecule has 1 heteroatoms. The van der Waals surface area contributed by atoms with Gasteiger partial charge in [-0.25, -0.2) is 0 Å². The summed E-state index contributed by atoms with van der Waals surface area (Å²) in [6.07, 6.45) is 10.1. The number of hydrogen-bond donors (Lipinski definition) is 0. The molecule has 0 radical (unpaired) electrons. The van der Waals surface area contributed by atoms with E-state index in [4.69, 9.17) is 0 Å². The Morgan fingerprint density at radius 2 is 1.24 bits per heavy atom. The van der Waals surface area contributed by atoms with Gasteiger partial charge in [0.25, 0.3) is 0 Å². The van der Waals surface area contributed by atoms with Crippen molar-refractivity contribution in [3.8, 4) is 0 Å². The molecule has 0 aliphatic carbocycles. The van der Waals surface area contributed by atoms with Crippen molar-refractivity contribution in [3.05, 3.63) is 35.9 Å². The average molecular weight is 288 g/mol. The number of hydrogen-bond acceptors (Lipinski definition) is 1. The molecule has 0 saturated heterocycles. The summed E-state index contributed by atoms with van der Waals surface area (Å²) in [5.74, 6) is 0.387. The van der Waals surface area contributed by atoms with E-state index in [1.54, 1.807) is 0 Å². The molecule has 0 aliphatic heterocycles. The van der Waals surface area contributed by atoms with Crippen LogP contribution in [-0.4, -0.2) is 5.78 Å². The topological polar surface area (TPSA) is 17.1 Å². The molecule has 0 atom stereocenters. The van der Waals surface area contributed by atoms with Crippen molar-refractivity contribution in [2.24, 2.45) is 5.41 Å². The van der Waals surface area contributed by atoms with Crippen LogP contribution in [0.2, 0.25) is 0 Å². The summed E-state index contributed by atoms with van der Waals surface area (Å²) >= 11 is 0. The lowest BCUT2D eigenvalue weighted by Gasteiger charge is -2.33. The third-order valence-electron chi connectivity index (χ3n) is 4.54. The summed E-state index contributed by atoms with van der Waals surface area (Å²) in [5.41, 5.74) is 0.782. The van der Waals surface area contributed by atoms with E-state index in [9.17, 15) is 4.79 Å². The minimum absolute atomic E-state index is 0.122. The molecule has 21 heavy (non-hydrogen) atoms. The average Bonchev–Trinajstić information content (AvgIpc) is 2.55. The lowest BCUT2D eigenvalue weighted by molar-refractivity contribution is 0.0722. The van der Waals surface area contributed by atoms with Crippen molar-refractivity contribution in [1.29, 1.82) is 0 Å². The van der Waals surface area contributed by atoms with E-state index in [-0.39, 0.29) is 5.41 Å². The lowest BCUT2D eigenvalue weighted by Crippen LogP contribution is -2.31. The Bertz CT molecular complexity index is 372. The first-order chi connectivity index (χ1) is 10.2. The molecule has 0 bridgehead atoms. The van der Waals surface area contributed by atoms with Crippen LogP contribution < -0.4 is 0 Å². The highest BCUT2D eigenvalue weighted by Gasteiger charge is 2.36. The third-order valence-corrected chi connectivity index (χ3v) is 4.54. The predicted molar refractivity (Wildman–Crippen MR) is 91.8 cm³/mol. The fraction of sp³-hybridized carbons (Fsp3) is 0.650. The Labute approximate surface area is 131 Å². The third kappa shape index (κ3) is 5.30. The van der Waals surface area contributed by atoms with Crippen molar-refractivity contribution >= 4 is 5.78 Å². The van der Waals surface area contributed by atoms with Crippen LogP contribution >= 0.6 is 0 Å². The molecule has 1 aromatic carbocycles. The molecule has 0 aromatic heterocycles. The molecule has 0 fully saturated rings. The number of ketones is 1. The summed E-state index contributed by atoms with van der Waals surface area (Å²) in [5, 5.41) is 0. The molecule has 1 nitrogen and oxygen atoms in total. The SMILES string of the molecule is CCCCC(CCCC)(CCCC)C(=O)c1ccccc1. The molecule has 0 aliphatic rings. The Morgan fingerprint density at radius 1 is 0.810 bits per heavy atom. The summed E-state index contributed by atoms with van der Waals surface area (Å²) in [6.45, 7) is 6.66. The fourth-order valence-corrected chi connectivity index (χ4v) is 3.16. The van der Waals surface area contributed by atoms with Crippen molar-refractivity contribution < 1.29 is 4.79 Å². The van der Waals surface area contributed by atoms with E-state index in [0.717, 1.165) is 44.1 Å². The first kappa shape index (κ1) is 17.9. The van der Waals surface area contributed by atoms with Crippen LogP contribution in [-0.2, 0) is 0 Å². The Kier molecular flexibility index (Phi) is 8.34. The zero-order valence-electron chi connectivity index (χ0n) is 14.2. The second kappa shape index (κ2) is 9.76. The maximum absolute atomic E-state index is 13.2. The highest BCUT2D eigenvalue weighted by Crippen LogP contribution is 2.39. The van der Waals surface area contributed by atoms with Gasteiger partial charge in [0.15, 0.2) is 5.78 Å². The molecule has 0 spiro atoms. The number of unbranched alkanes of at least 4 members (excludes halogenated alkanes) is 3. The van der Waals surface area contributed by atoms with Crippen molar-refractivity contribution in [2.45, 2.75) is 78.6 Å². The van der Waals surface area contributed by atoms with Gasteiger partial charge in [0, 0.05) is 11.0 Å². The van der Waals surface area contributed by atoms with Crippen LogP contribution in [0.4, 0.5) is 0 Å². The number of carbonyl (C=O) groups excluding carboxylic acids is 1. The number of benzene rings is 1. The second-order valence-corrected chi connectivity index (χ2v) is 6.29. The standard InChI is InChI=1S/C20H32O/c1-4-7-15-20(16-8-5-2,17-9-6-3)19(21)18-13-11-10-12-14-18/h10-14H,4-9,15-17H2,1-3H3. The van der Waals surface area contributed by atoms with Gasteiger partial charge in [-0.15, -0.1) is 0 Å². The number of rotatable bonds is 11. The highest BCUT2D eigenvalue weighted by atomic mass is 16.1. The normalized spacial score (nSPS) is 11.6. The molecular formula is C20H32O. The molecular weight excluding hydrogens is 256 g/mol. The molecule has 118 valence electrons. The van der Waals surface area contributed by atoms with Gasteiger partial charge >= 0.3 is 0 Å². The lowest BCUT2D eigenvalue weighted by atomic mass is 9.69. The van der Waals surface area contributed by atoms with Gasteiger partial charge in [0.2, 0.25) is 0 Å². The van der Waals surface area contributed by atoms with Crippen molar-refractivity contribution in [1.82, 2.24) is 0 Å². The Hall–Kier alpha value is -1.11. The van der Waals surface area contributed by atoms with E-state index in [1.807, 2.05) is 30.3 Å². The maximum atomic E-state index is 13.2. The van der Waals surface area contributed by atoms with Crippen molar-refractivity contribution in [2.75, 3.05) is 0 Å². The fourth-order valence-electron chi connectivity index (χ4n) is 3.16. The molecule has 0 unspecified atom stereocenters. The molecule has 0 amide bonds. The number of Topliss-reactive ketones (excluding diaryl/α,β-unsaturated/α-hetero) is 1. The first-order valence-electron chi connectivity index (χ1n) is 8.80. The van der Waals surface area contributed by atoms with Crippen LogP contribution in [0.15, 0.2) is 30.3 Å². The smallest absolute Gasteiger partial charge is 0.168 e. The van der Waals surface area contributed by atoms with E-state index >= 15 is 0 Å². The predicted octanol–water partition coefficient (Wildman–Crippen LogP) is 6.43. The van der Waals surface area contributed by atoms with Crippen LogP contribution in [0.3, 0.4) is 0 Å². The van der Waals surface area contributed by atoms with Crippen molar-refractivity contribution in [3.63, 3.8) is 0 Å². The Morgan fingerprint density at radius 3 is 1.62 bits per heavy atom. The summed E-state index contributed by atoms with van der Waals surface area (Å²) in [4.78, 5) is 13.2. The minimum atomic E-state index is -0.122. The van der Waals surface area contributed by atoms with E-state index in [2.05, 4.69) is 20.8 Å². The summed E-state index contributed by atoms with van der Waals surface area (Å²) in [7, 11) is 0. The minimum Gasteiger partial charge on any atom is -0.294 e. The van der Waals surface area contributed by atoms with E-state index in [0.29, 0.717) is 5.78 Å². The van der Waals surface area contributed by atoms with Gasteiger partial charge < -0.3 is 0 Å². The Balaban J connectivity index is 3.02. The van der Waals surface area contributed by atoms with Gasteiger partial charge in [0.1, 0.15) is 0 Å². The summed E-state index contributed by atoms with van der Waals surface area (Å²) in [6, 6.07) is 9.93. The zero-order valence-corrected chi connectivity index (χ0v) is 14.2. The van der Waals surface area contributed by atoms with Crippen LogP contribution in [0, 0.1) is 5.41 Å². The van der Waals surface area contributed by atoms with E-state index in [1.165, 1.54) is 19.3 Å². The highest BCUT2D eigenvalue weighted by molar-refractivity contribution is 6.00. The molecule has 1 rings (SSSR count). The van der Waals surface area contributed by atoms with Gasteiger partial charge in [-0.1, -0.05) is 89.6 Å². The zero-order chi connectivity index (χ0) is 15.6. The van der Waals surface area contributed by atoms with Gasteiger partial charge in [-0.2, -0.15) is 0 Å². The van der Waals surface area contributed by atoms with Gasteiger partial charge in [-0.3, -0.25) is 4.79 Å². The largest absolute Gasteiger partial charge is 0.294 e. The van der Waals surface area contributed by atoms with Gasteiger partial charge in [-0.05, 0) is 19.3 Å². The van der Waals surface area contributed by atoms with Crippen LogP contribution in [0.5, 0.6) is 0 Å². The molecule has 0 heterocycles. The second-order valence-electron chi connectivity index (χ2n) is 6.29. The monoisotopic (exact) mass is 288 g/mol. The quantitative estimate of drug-likeness (QED) is 0.429.